The van der Waals surface area contributed by atoms with Crippen LogP contribution in [-0.2, 0) is 14.3 Å². The van der Waals surface area contributed by atoms with Gasteiger partial charge in [-0.05, 0) is 20.3 Å². The third kappa shape index (κ3) is 3.42. The highest BCUT2D eigenvalue weighted by molar-refractivity contribution is 5.90. The zero-order chi connectivity index (χ0) is 11.5. The second-order valence-corrected chi connectivity index (χ2v) is 4.71. The predicted molar refractivity (Wildman–Crippen MR) is 57.7 cm³/mol. The molecule has 0 N–H and O–H groups in total. The molecule has 1 saturated heterocycles. The molecule has 0 aliphatic carbocycles. The quantitative estimate of drug-likeness (QED) is 0.702. The van der Waals surface area contributed by atoms with E-state index >= 15 is 0 Å². The first-order valence-electron chi connectivity index (χ1n) is 5.67. The monoisotopic (exact) mass is 212 g/mol. The van der Waals surface area contributed by atoms with Crippen LogP contribution in [0.4, 0.5) is 0 Å². The average molecular weight is 212 g/mol. The average Bonchev–Trinajstić information content (AvgIpc) is 2.38. The van der Waals surface area contributed by atoms with Crippen LogP contribution >= 0.6 is 0 Å². The highest BCUT2D eigenvalue weighted by Gasteiger charge is 2.41. The van der Waals surface area contributed by atoms with E-state index in [0.717, 1.165) is 19.3 Å². The summed E-state index contributed by atoms with van der Waals surface area (Å²) in [5.41, 5.74) is -0.326. The molecule has 0 bridgehead atoms. The summed E-state index contributed by atoms with van der Waals surface area (Å²) < 4.78 is 5.70. The summed E-state index contributed by atoms with van der Waals surface area (Å²) in [6.45, 7) is 5.59. The van der Waals surface area contributed by atoms with Crippen LogP contribution in [0.15, 0.2) is 0 Å². The van der Waals surface area contributed by atoms with Crippen LogP contribution in [-0.4, -0.2) is 23.3 Å². The number of unbranched alkanes of at least 4 members (excludes halogenated alkanes) is 1. The summed E-state index contributed by atoms with van der Waals surface area (Å²) >= 11 is 0. The van der Waals surface area contributed by atoms with Crippen molar-refractivity contribution in [2.45, 2.75) is 64.6 Å². The zero-order valence-corrected chi connectivity index (χ0v) is 9.84. The first-order chi connectivity index (χ1) is 6.97. The number of hydrogen-bond donors (Lipinski definition) is 0. The van der Waals surface area contributed by atoms with E-state index < -0.39 is 6.10 Å². The molecule has 0 amide bonds. The van der Waals surface area contributed by atoms with Gasteiger partial charge in [0.15, 0.2) is 5.78 Å². The largest absolute Gasteiger partial charge is 0.363 e. The summed E-state index contributed by atoms with van der Waals surface area (Å²) in [7, 11) is 0. The lowest BCUT2D eigenvalue weighted by Gasteiger charge is -2.23. The van der Waals surface area contributed by atoms with Crippen LogP contribution in [0.25, 0.3) is 0 Å². The molecule has 1 aliphatic rings. The van der Waals surface area contributed by atoms with Crippen LogP contribution in [0, 0.1) is 0 Å². The molecule has 86 valence electrons. The van der Waals surface area contributed by atoms with Crippen molar-refractivity contribution in [3.05, 3.63) is 0 Å². The minimum atomic E-state index is -0.482. The Morgan fingerprint density at radius 3 is 2.80 bits per heavy atom. The summed E-state index contributed by atoms with van der Waals surface area (Å²) in [5.74, 6) is 0.108. The maximum absolute atomic E-state index is 11.6. The fraction of sp³-hybridized carbons (Fsp3) is 0.833. The van der Waals surface area contributed by atoms with Crippen LogP contribution in [0.2, 0.25) is 0 Å². The highest BCUT2D eigenvalue weighted by atomic mass is 16.5. The zero-order valence-electron chi connectivity index (χ0n) is 9.84. The molecule has 2 atom stereocenters. The van der Waals surface area contributed by atoms with Crippen molar-refractivity contribution in [1.29, 1.82) is 0 Å². The van der Waals surface area contributed by atoms with Crippen molar-refractivity contribution in [1.82, 2.24) is 0 Å². The van der Waals surface area contributed by atoms with Crippen molar-refractivity contribution in [2.75, 3.05) is 0 Å². The number of rotatable bonds is 5. The van der Waals surface area contributed by atoms with Crippen molar-refractivity contribution < 1.29 is 14.3 Å². The van der Waals surface area contributed by atoms with E-state index in [1.807, 2.05) is 6.92 Å². The molecule has 0 radical (unpaired) electrons. The molecule has 0 spiro atoms. The fourth-order valence-corrected chi connectivity index (χ4v) is 2.05. The van der Waals surface area contributed by atoms with E-state index in [9.17, 15) is 9.59 Å². The number of Topliss-reactive ketones (excluding diaryl/α,β-unsaturated/α-hetero) is 2. The number of ketones is 2. The third-order valence-electron chi connectivity index (χ3n) is 2.87. The van der Waals surface area contributed by atoms with Gasteiger partial charge in [0.05, 0.1) is 5.60 Å². The number of carbonyl (C=O) groups excluding carboxylic acids is 2. The maximum atomic E-state index is 11.6. The molecule has 3 nitrogen and oxygen atoms in total. The normalized spacial score (nSPS) is 30.9. The summed E-state index contributed by atoms with van der Waals surface area (Å²) in [5, 5.41) is 0. The topological polar surface area (TPSA) is 43.4 Å². The Kier molecular flexibility index (Phi) is 4.03. The summed E-state index contributed by atoms with van der Waals surface area (Å²) in [6.07, 6.45) is 3.29. The summed E-state index contributed by atoms with van der Waals surface area (Å²) in [6, 6.07) is 0. The van der Waals surface area contributed by atoms with E-state index in [4.69, 9.17) is 4.74 Å². The van der Waals surface area contributed by atoms with Crippen LogP contribution in [0.1, 0.15) is 52.9 Å². The second-order valence-electron chi connectivity index (χ2n) is 4.71. The fourth-order valence-electron chi connectivity index (χ4n) is 2.05. The molecule has 1 heterocycles. The molecule has 2 unspecified atom stereocenters. The first kappa shape index (κ1) is 12.4. The van der Waals surface area contributed by atoms with E-state index in [2.05, 4.69) is 6.92 Å². The second kappa shape index (κ2) is 4.88. The van der Waals surface area contributed by atoms with Crippen LogP contribution in [0.3, 0.4) is 0 Å². The Morgan fingerprint density at radius 2 is 2.27 bits per heavy atom. The molecule has 15 heavy (non-hydrogen) atoms. The van der Waals surface area contributed by atoms with Crippen LogP contribution < -0.4 is 0 Å². The Bertz CT molecular complexity index is 260. The van der Waals surface area contributed by atoms with Gasteiger partial charge in [-0.15, -0.1) is 0 Å². The van der Waals surface area contributed by atoms with Gasteiger partial charge in [0.1, 0.15) is 11.9 Å². The number of carbonyl (C=O) groups is 2. The molecule has 1 rings (SSSR count). The minimum absolute atomic E-state index is 0.0214. The SMILES string of the molecule is CCCCC1(C)CC(=O)C(CC(C)=O)O1. The number of ether oxygens (including phenoxy) is 1. The van der Waals surface area contributed by atoms with Gasteiger partial charge in [0.25, 0.3) is 0 Å². The number of hydrogen-bond acceptors (Lipinski definition) is 3. The molecule has 3 heteroatoms. The van der Waals surface area contributed by atoms with Gasteiger partial charge in [-0.25, -0.2) is 0 Å². The van der Waals surface area contributed by atoms with Crippen molar-refractivity contribution in [2.24, 2.45) is 0 Å². The summed E-state index contributed by atoms with van der Waals surface area (Å²) in [4.78, 5) is 22.5. The van der Waals surface area contributed by atoms with E-state index in [-0.39, 0.29) is 23.6 Å². The molecular formula is C12H20O3. The van der Waals surface area contributed by atoms with E-state index in [1.54, 1.807) is 0 Å². The molecule has 0 aromatic heterocycles. The standard InChI is InChI=1S/C12H20O3/c1-4-5-6-12(3)8-10(14)11(15-12)7-9(2)13/h11H,4-8H2,1-3H3. The van der Waals surface area contributed by atoms with Gasteiger partial charge >= 0.3 is 0 Å². The first-order valence-corrected chi connectivity index (χ1v) is 5.67. The maximum Gasteiger partial charge on any atom is 0.164 e. The lowest BCUT2D eigenvalue weighted by molar-refractivity contribution is -0.130. The Labute approximate surface area is 91.2 Å². The molecule has 1 aliphatic heterocycles. The highest BCUT2D eigenvalue weighted by Crippen LogP contribution is 2.33. The molecule has 0 saturated carbocycles. The lowest BCUT2D eigenvalue weighted by atomic mass is 9.95. The molecule has 0 aromatic rings. The molecule has 1 fully saturated rings. The van der Waals surface area contributed by atoms with Crippen molar-refractivity contribution >= 4 is 11.6 Å². The van der Waals surface area contributed by atoms with Crippen LogP contribution in [0.5, 0.6) is 0 Å². The minimum Gasteiger partial charge on any atom is -0.363 e. The van der Waals surface area contributed by atoms with Crippen molar-refractivity contribution in [3.8, 4) is 0 Å². The van der Waals surface area contributed by atoms with Gasteiger partial charge in [-0.2, -0.15) is 0 Å². The Hall–Kier alpha value is -0.700. The van der Waals surface area contributed by atoms with Gasteiger partial charge in [0.2, 0.25) is 0 Å². The van der Waals surface area contributed by atoms with Gasteiger partial charge in [-0.3, -0.25) is 9.59 Å². The van der Waals surface area contributed by atoms with E-state index in [0.29, 0.717) is 6.42 Å². The van der Waals surface area contributed by atoms with Gasteiger partial charge < -0.3 is 4.74 Å². The van der Waals surface area contributed by atoms with Gasteiger partial charge in [0, 0.05) is 12.8 Å². The predicted octanol–water partition coefficient (Wildman–Crippen LogP) is 2.27. The molecule has 0 aromatic carbocycles. The van der Waals surface area contributed by atoms with E-state index in [1.165, 1.54) is 6.92 Å². The van der Waals surface area contributed by atoms with Gasteiger partial charge in [-0.1, -0.05) is 19.8 Å². The Balaban J connectivity index is 2.53. The van der Waals surface area contributed by atoms with Crippen molar-refractivity contribution in [3.63, 3.8) is 0 Å². The lowest BCUT2D eigenvalue weighted by Crippen LogP contribution is -2.25. The Morgan fingerprint density at radius 1 is 1.60 bits per heavy atom. The third-order valence-corrected chi connectivity index (χ3v) is 2.87. The smallest absolute Gasteiger partial charge is 0.164 e. The molecular weight excluding hydrogens is 192 g/mol.